The van der Waals surface area contributed by atoms with Crippen molar-refractivity contribution < 1.29 is 4.79 Å². The Bertz CT molecular complexity index is 643. The maximum absolute atomic E-state index is 12.1. The van der Waals surface area contributed by atoms with Crippen LogP contribution in [0.1, 0.15) is 21.6 Å². The second-order valence-electron chi connectivity index (χ2n) is 4.46. The number of carbonyl (C=O) groups is 1. The average Bonchev–Trinajstić information content (AvgIpc) is 2.70. The van der Waals surface area contributed by atoms with E-state index in [0.717, 1.165) is 11.3 Å². The van der Waals surface area contributed by atoms with Gasteiger partial charge in [-0.15, -0.1) is 0 Å². The molecule has 1 amide bonds. The summed E-state index contributed by atoms with van der Waals surface area (Å²) in [6, 6.07) is 2.99. The Morgan fingerprint density at radius 1 is 1.45 bits per heavy atom. The molecule has 2 aromatic rings. The summed E-state index contributed by atoms with van der Waals surface area (Å²) in [5, 5.41) is 7.52. The second-order valence-corrected chi connectivity index (χ2v) is 5.24. The van der Waals surface area contributed by atoms with Crippen LogP contribution in [0.5, 0.6) is 0 Å². The van der Waals surface area contributed by atoms with Gasteiger partial charge in [-0.1, -0.05) is 23.2 Å². The van der Waals surface area contributed by atoms with Crippen LogP contribution in [0.15, 0.2) is 18.3 Å². The van der Waals surface area contributed by atoms with Gasteiger partial charge in [0.1, 0.15) is 0 Å². The number of aromatic nitrogens is 2. The highest BCUT2D eigenvalue weighted by Gasteiger charge is 2.12. The van der Waals surface area contributed by atoms with Gasteiger partial charge in [-0.2, -0.15) is 5.10 Å². The number of nitrogens with zero attached hydrogens (tertiary/aromatic N) is 2. The molecule has 106 valence electrons. The number of amides is 1. The number of carbonyl (C=O) groups excluding carboxylic acids is 1. The zero-order valence-electron chi connectivity index (χ0n) is 11.1. The van der Waals surface area contributed by atoms with Crippen molar-refractivity contribution in [1.82, 2.24) is 15.1 Å². The molecule has 0 aliphatic rings. The van der Waals surface area contributed by atoms with Crippen molar-refractivity contribution in [3.63, 3.8) is 0 Å². The first-order valence-corrected chi connectivity index (χ1v) is 6.66. The topological polar surface area (TPSA) is 72.9 Å². The standard InChI is InChI=1S/C13H14Cl2N4O/c1-7-9(6-19(2)18-7)5-17-13(20)8-3-10(14)12(15)11(16)4-8/h3-4,6H,5,16H2,1-2H3,(H,17,20). The molecule has 0 saturated carbocycles. The average molecular weight is 313 g/mol. The van der Waals surface area contributed by atoms with Crippen LogP contribution in [0.2, 0.25) is 10.0 Å². The fourth-order valence-corrected chi connectivity index (χ4v) is 2.18. The van der Waals surface area contributed by atoms with Gasteiger partial charge in [-0.05, 0) is 19.1 Å². The molecule has 3 N–H and O–H groups in total. The number of nitrogen functional groups attached to an aromatic ring is 1. The van der Waals surface area contributed by atoms with Crippen molar-refractivity contribution in [2.45, 2.75) is 13.5 Å². The summed E-state index contributed by atoms with van der Waals surface area (Å²) in [6.45, 7) is 2.28. The second kappa shape index (κ2) is 5.73. The Morgan fingerprint density at radius 3 is 2.70 bits per heavy atom. The van der Waals surface area contributed by atoms with Crippen LogP contribution in [-0.2, 0) is 13.6 Å². The number of nitrogens with two attached hydrogens (primary N) is 1. The van der Waals surface area contributed by atoms with Gasteiger partial charge in [0.05, 0.1) is 21.4 Å². The van der Waals surface area contributed by atoms with Gasteiger partial charge in [0.15, 0.2) is 0 Å². The van der Waals surface area contributed by atoms with Crippen LogP contribution in [-0.4, -0.2) is 15.7 Å². The molecule has 5 nitrogen and oxygen atoms in total. The lowest BCUT2D eigenvalue weighted by atomic mass is 10.2. The molecule has 1 heterocycles. The number of halogens is 2. The van der Waals surface area contributed by atoms with Crippen LogP contribution in [0.25, 0.3) is 0 Å². The minimum Gasteiger partial charge on any atom is -0.397 e. The molecule has 0 aliphatic heterocycles. The number of aryl methyl sites for hydroxylation is 2. The molecule has 1 aromatic heterocycles. The molecule has 0 fully saturated rings. The van der Waals surface area contributed by atoms with Gasteiger partial charge < -0.3 is 11.1 Å². The zero-order chi connectivity index (χ0) is 14.9. The van der Waals surface area contributed by atoms with E-state index < -0.39 is 0 Å². The summed E-state index contributed by atoms with van der Waals surface area (Å²) < 4.78 is 1.70. The summed E-state index contributed by atoms with van der Waals surface area (Å²) in [6.07, 6.45) is 1.86. The molecule has 0 aliphatic carbocycles. The molecule has 0 saturated heterocycles. The van der Waals surface area contributed by atoms with Crippen LogP contribution < -0.4 is 11.1 Å². The molecule has 20 heavy (non-hydrogen) atoms. The number of anilines is 1. The number of hydrogen-bond donors (Lipinski definition) is 2. The van der Waals surface area contributed by atoms with E-state index in [4.69, 9.17) is 28.9 Å². The van der Waals surface area contributed by atoms with Crippen molar-refractivity contribution in [3.05, 3.63) is 45.2 Å². The monoisotopic (exact) mass is 312 g/mol. The lowest BCUT2D eigenvalue weighted by Crippen LogP contribution is -2.23. The van der Waals surface area contributed by atoms with Gasteiger partial charge in [0.2, 0.25) is 0 Å². The predicted molar refractivity (Wildman–Crippen MR) is 80.0 cm³/mol. The van der Waals surface area contributed by atoms with Gasteiger partial charge in [0.25, 0.3) is 5.91 Å². The summed E-state index contributed by atoms with van der Waals surface area (Å²) in [5.41, 5.74) is 8.17. The van der Waals surface area contributed by atoms with E-state index in [1.807, 2.05) is 20.2 Å². The van der Waals surface area contributed by atoms with E-state index in [1.54, 1.807) is 4.68 Å². The van der Waals surface area contributed by atoms with Crippen molar-refractivity contribution >= 4 is 34.8 Å². The fraction of sp³-hybridized carbons (Fsp3) is 0.231. The van der Waals surface area contributed by atoms with E-state index in [9.17, 15) is 4.79 Å². The number of rotatable bonds is 3. The summed E-state index contributed by atoms with van der Waals surface area (Å²) in [7, 11) is 1.83. The smallest absolute Gasteiger partial charge is 0.251 e. The van der Waals surface area contributed by atoms with Crippen LogP contribution in [0, 0.1) is 6.92 Å². The third kappa shape index (κ3) is 3.05. The fourth-order valence-electron chi connectivity index (χ4n) is 1.84. The van der Waals surface area contributed by atoms with Crippen molar-refractivity contribution in [2.24, 2.45) is 7.05 Å². The minimum atomic E-state index is -0.265. The third-order valence-corrected chi connectivity index (χ3v) is 3.69. The molecule has 0 unspecified atom stereocenters. The summed E-state index contributed by atoms with van der Waals surface area (Å²) in [4.78, 5) is 12.1. The van der Waals surface area contributed by atoms with Gasteiger partial charge in [-0.25, -0.2) is 0 Å². The van der Waals surface area contributed by atoms with Gasteiger partial charge in [0, 0.05) is 30.9 Å². The molecule has 7 heteroatoms. The number of nitrogens with one attached hydrogen (secondary N) is 1. The Morgan fingerprint density at radius 2 is 2.15 bits per heavy atom. The maximum Gasteiger partial charge on any atom is 0.251 e. The molecule has 0 atom stereocenters. The van der Waals surface area contributed by atoms with Gasteiger partial charge in [-0.3, -0.25) is 9.48 Å². The first-order valence-electron chi connectivity index (χ1n) is 5.90. The van der Waals surface area contributed by atoms with Crippen LogP contribution >= 0.6 is 23.2 Å². The van der Waals surface area contributed by atoms with E-state index in [2.05, 4.69) is 10.4 Å². The van der Waals surface area contributed by atoms with E-state index in [1.165, 1.54) is 12.1 Å². The molecule has 0 bridgehead atoms. The van der Waals surface area contributed by atoms with Crippen molar-refractivity contribution in [2.75, 3.05) is 5.73 Å². The highest BCUT2D eigenvalue weighted by atomic mass is 35.5. The SMILES string of the molecule is Cc1nn(C)cc1CNC(=O)c1cc(N)c(Cl)c(Cl)c1. The Kier molecular flexibility index (Phi) is 4.20. The minimum absolute atomic E-state index is 0.256. The molecule has 0 radical (unpaired) electrons. The largest absolute Gasteiger partial charge is 0.397 e. The lowest BCUT2D eigenvalue weighted by molar-refractivity contribution is 0.0951. The zero-order valence-corrected chi connectivity index (χ0v) is 12.6. The molecule has 2 rings (SSSR count). The molecule has 1 aromatic carbocycles. The van der Waals surface area contributed by atoms with Crippen molar-refractivity contribution in [3.8, 4) is 0 Å². The maximum atomic E-state index is 12.1. The van der Waals surface area contributed by atoms with Gasteiger partial charge >= 0.3 is 0 Å². The molecular formula is C13H14Cl2N4O. The first kappa shape index (κ1) is 14.7. The van der Waals surface area contributed by atoms with E-state index >= 15 is 0 Å². The first-order chi connectivity index (χ1) is 9.38. The summed E-state index contributed by atoms with van der Waals surface area (Å²) >= 11 is 11.8. The predicted octanol–water partition coefficient (Wildman–Crippen LogP) is 2.55. The van der Waals surface area contributed by atoms with E-state index in [0.29, 0.717) is 12.1 Å². The van der Waals surface area contributed by atoms with Crippen LogP contribution in [0.3, 0.4) is 0 Å². The normalized spacial score (nSPS) is 10.6. The highest BCUT2D eigenvalue weighted by Crippen LogP contribution is 2.29. The number of hydrogen-bond acceptors (Lipinski definition) is 3. The quantitative estimate of drug-likeness (QED) is 0.855. The third-order valence-electron chi connectivity index (χ3n) is 2.87. The highest BCUT2D eigenvalue weighted by molar-refractivity contribution is 6.43. The number of benzene rings is 1. The Labute approximate surface area is 126 Å². The summed E-state index contributed by atoms with van der Waals surface area (Å²) in [5.74, 6) is -0.265. The lowest BCUT2D eigenvalue weighted by Gasteiger charge is -2.07. The van der Waals surface area contributed by atoms with Crippen molar-refractivity contribution in [1.29, 1.82) is 0 Å². The Hall–Kier alpha value is -1.72. The molecular weight excluding hydrogens is 299 g/mol. The van der Waals surface area contributed by atoms with E-state index in [-0.39, 0.29) is 21.6 Å². The molecule has 0 spiro atoms. The Balaban J connectivity index is 2.11. The van der Waals surface area contributed by atoms with Crippen LogP contribution in [0.4, 0.5) is 5.69 Å².